The van der Waals surface area contributed by atoms with Crippen LogP contribution < -0.4 is 0 Å². The summed E-state index contributed by atoms with van der Waals surface area (Å²) in [5.41, 5.74) is 0.840. The lowest BCUT2D eigenvalue weighted by Crippen LogP contribution is -2.18. The lowest BCUT2D eigenvalue weighted by atomic mass is 10.2. The fraction of sp³-hybridized carbons (Fsp3) is 0.438. The fourth-order valence-electron chi connectivity index (χ4n) is 2.26. The first-order valence-electron chi connectivity index (χ1n) is 8.07. The summed E-state index contributed by atoms with van der Waals surface area (Å²) in [7, 11) is -2.24. The van der Waals surface area contributed by atoms with Gasteiger partial charge in [-0.15, -0.1) is 4.40 Å². The summed E-state index contributed by atoms with van der Waals surface area (Å²) < 4.78 is 30.0. The van der Waals surface area contributed by atoms with Gasteiger partial charge in [-0.25, -0.2) is 4.98 Å². The highest BCUT2D eigenvalue weighted by molar-refractivity contribution is 7.90. The normalized spacial score (nSPS) is 12.1. The summed E-state index contributed by atoms with van der Waals surface area (Å²) in [4.78, 5) is 5.76. The molecule has 0 amide bonds. The van der Waals surface area contributed by atoms with Crippen molar-refractivity contribution in [3.63, 3.8) is 0 Å². The number of halogens is 1. The molecule has 9 heteroatoms. The van der Waals surface area contributed by atoms with Gasteiger partial charge in [-0.05, 0) is 24.6 Å². The molecule has 0 aromatic carbocycles. The van der Waals surface area contributed by atoms with E-state index in [2.05, 4.69) is 28.0 Å². The van der Waals surface area contributed by atoms with Crippen LogP contribution in [0.1, 0.15) is 38.3 Å². The van der Waals surface area contributed by atoms with Crippen LogP contribution in [0, 0.1) is 0 Å². The van der Waals surface area contributed by atoms with Gasteiger partial charge in [0, 0.05) is 13.6 Å². The molecule has 0 N–H and O–H groups in total. The zero-order valence-electron chi connectivity index (χ0n) is 14.4. The zero-order chi connectivity index (χ0) is 18.4. The third-order valence-electron chi connectivity index (χ3n) is 3.62. The maximum Gasteiger partial charge on any atom is 0.304 e. The topological polar surface area (TPSA) is 79.9 Å². The van der Waals surface area contributed by atoms with Crippen molar-refractivity contribution < 1.29 is 8.42 Å². The smallest absolute Gasteiger partial charge is 0.304 e. The Balaban J connectivity index is 2.24. The standard InChI is InChI=1S/C16H22ClN5O2S/c1-4-6-7-8-11-21(3)12-18-25(23,24)16-15(17)19-14-10-9-13(5-2)20-22(14)16/h5,9-10,12H,2,4,6-8,11H2,1,3H3. The Morgan fingerprint density at radius 2 is 2.12 bits per heavy atom. The second kappa shape index (κ2) is 8.44. The minimum Gasteiger partial charge on any atom is -0.365 e. The van der Waals surface area contributed by atoms with Gasteiger partial charge in [-0.2, -0.15) is 18.0 Å². The van der Waals surface area contributed by atoms with Crippen molar-refractivity contribution >= 4 is 39.7 Å². The molecule has 7 nitrogen and oxygen atoms in total. The van der Waals surface area contributed by atoms with Crippen molar-refractivity contribution in [3.8, 4) is 0 Å². The molecule has 2 aromatic rings. The van der Waals surface area contributed by atoms with E-state index in [0.717, 1.165) is 32.2 Å². The second-order valence-electron chi connectivity index (χ2n) is 5.68. The lowest BCUT2D eigenvalue weighted by molar-refractivity contribution is 0.482. The van der Waals surface area contributed by atoms with E-state index >= 15 is 0 Å². The summed E-state index contributed by atoms with van der Waals surface area (Å²) >= 11 is 6.02. The highest BCUT2D eigenvalue weighted by atomic mass is 35.5. The Morgan fingerprint density at radius 3 is 2.80 bits per heavy atom. The Labute approximate surface area is 153 Å². The van der Waals surface area contributed by atoms with Crippen LogP contribution in [-0.2, 0) is 10.0 Å². The van der Waals surface area contributed by atoms with Crippen molar-refractivity contribution in [2.24, 2.45) is 4.40 Å². The zero-order valence-corrected chi connectivity index (χ0v) is 16.0. The molecule has 2 heterocycles. The van der Waals surface area contributed by atoms with Gasteiger partial charge in [-0.1, -0.05) is 44.4 Å². The maximum absolute atomic E-state index is 12.6. The Kier molecular flexibility index (Phi) is 6.55. The van der Waals surface area contributed by atoms with Crippen LogP contribution in [0.5, 0.6) is 0 Å². The average molecular weight is 384 g/mol. The number of imidazole rings is 1. The molecule has 0 atom stereocenters. The first-order valence-corrected chi connectivity index (χ1v) is 9.89. The number of hydrogen-bond acceptors (Lipinski definition) is 4. The molecule has 2 aromatic heterocycles. The number of nitrogens with zero attached hydrogens (tertiary/aromatic N) is 5. The van der Waals surface area contributed by atoms with E-state index in [1.165, 1.54) is 16.9 Å². The van der Waals surface area contributed by atoms with E-state index in [-0.39, 0.29) is 10.2 Å². The highest BCUT2D eigenvalue weighted by Crippen LogP contribution is 2.23. The molecule has 2 rings (SSSR count). The van der Waals surface area contributed by atoms with Gasteiger partial charge in [-0.3, -0.25) is 0 Å². The van der Waals surface area contributed by atoms with Gasteiger partial charge in [0.25, 0.3) is 0 Å². The summed E-state index contributed by atoms with van der Waals surface area (Å²) in [5, 5.41) is 3.76. The Bertz CT molecular complexity index is 876. The molecule has 0 aliphatic carbocycles. The lowest BCUT2D eigenvalue weighted by Gasteiger charge is -2.12. The number of rotatable bonds is 9. The first-order chi connectivity index (χ1) is 11.9. The highest BCUT2D eigenvalue weighted by Gasteiger charge is 2.24. The van der Waals surface area contributed by atoms with Crippen molar-refractivity contribution in [2.45, 2.75) is 37.6 Å². The Morgan fingerprint density at radius 1 is 1.36 bits per heavy atom. The van der Waals surface area contributed by atoms with Crippen LogP contribution in [0.15, 0.2) is 28.1 Å². The predicted octanol–water partition coefficient (Wildman–Crippen LogP) is 3.25. The van der Waals surface area contributed by atoms with Gasteiger partial charge < -0.3 is 4.90 Å². The summed E-state index contributed by atoms with van der Waals surface area (Å²) in [6, 6.07) is 3.30. The third kappa shape index (κ3) is 4.79. The van der Waals surface area contributed by atoms with Crippen LogP contribution in [0.3, 0.4) is 0 Å². The second-order valence-corrected chi connectivity index (χ2v) is 7.58. The maximum atomic E-state index is 12.6. The minimum atomic E-state index is -4.03. The first kappa shape index (κ1) is 19.4. The molecule has 0 aliphatic heterocycles. The van der Waals surface area contributed by atoms with E-state index < -0.39 is 10.0 Å². The molecule has 0 aliphatic rings. The number of sulfonamides is 1. The molecular formula is C16H22ClN5O2S. The molecule has 0 spiro atoms. The molecule has 0 saturated heterocycles. The predicted molar refractivity (Wildman–Crippen MR) is 101 cm³/mol. The molecule has 0 fully saturated rings. The number of unbranched alkanes of at least 4 members (excludes halogenated alkanes) is 3. The molecule has 0 radical (unpaired) electrons. The third-order valence-corrected chi connectivity index (χ3v) is 5.22. The van der Waals surface area contributed by atoms with Gasteiger partial charge in [0.1, 0.15) is 6.34 Å². The summed E-state index contributed by atoms with van der Waals surface area (Å²) in [6.07, 6.45) is 7.22. The van der Waals surface area contributed by atoms with E-state index in [0.29, 0.717) is 11.3 Å². The number of fused-ring (bicyclic) bond motifs is 1. The molecule has 136 valence electrons. The van der Waals surface area contributed by atoms with Gasteiger partial charge >= 0.3 is 10.0 Å². The van der Waals surface area contributed by atoms with Gasteiger partial charge in [0.05, 0.1) is 5.69 Å². The monoisotopic (exact) mass is 383 g/mol. The van der Waals surface area contributed by atoms with Crippen LogP contribution in [0.25, 0.3) is 11.7 Å². The number of aromatic nitrogens is 3. The van der Waals surface area contributed by atoms with Crippen molar-refractivity contribution in [3.05, 3.63) is 29.6 Å². The summed E-state index contributed by atoms with van der Waals surface area (Å²) in [6.45, 7) is 6.50. The van der Waals surface area contributed by atoms with Crippen molar-refractivity contribution in [1.29, 1.82) is 0 Å². The van der Waals surface area contributed by atoms with Crippen molar-refractivity contribution in [1.82, 2.24) is 19.5 Å². The molecule has 25 heavy (non-hydrogen) atoms. The van der Waals surface area contributed by atoms with Crippen LogP contribution in [0.2, 0.25) is 5.15 Å². The van der Waals surface area contributed by atoms with E-state index in [9.17, 15) is 8.42 Å². The van der Waals surface area contributed by atoms with Gasteiger partial charge in [0.2, 0.25) is 5.03 Å². The van der Waals surface area contributed by atoms with E-state index in [1.54, 1.807) is 24.1 Å². The van der Waals surface area contributed by atoms with Crippen LogP contribution in [0.4, 0.5) is 0 Å². The van der Waals surface area contributed by atoms with Crippen molar-refractivity contribution in [2.75, 3.05) is 13.6 Å². The average Bonchev–Trinajstić information content (AvgIpc) is 2.92. The fourth-order valence-corrected chi connectivity index (χ4v) is 3.72. The Hall–Kier alpha value is -1.93. The quantitative estimate of drug-likeness (QED) is 0.377. The largest absolute Gasteiger partial charge is 0.365 e. The van der Waals surface area contributed by atoms with Crippen LogP contribution in [-0.4, -0.2) is 47.8 Å². The summed E-state index contributed by atoms with van der Waals surface area (Å²) in [5.74, 6) is 0. The van der Waals surface area contributed by atoms with Crippen LogP contribution >= 0.6 is 11.6 Å². The molecule has 0 saturated carbocycles. The molecule has 0 unspecified atom stereocenters. The molecule has 0 bridgehead atoms. The number of hydrogen-bond donors (Lipinski definition) is 0. The SMILES string of the molecule is C=Cc1ccc2nc(Cl)c(S(=O)(=O)N=CN(C)CCCCCC)n2n1. The van der Waals surface area contributed by atoms with E-state index in [1.807, 2.05) is 0 Å². The molecular weight excluding hydrogens is 362 g/mol. The van der Waals surface area contributed by atoms with E-state index in [4.69, 9.17) is 11.6 Å². The minimum absolute atomic E-state index is 0.156. The van der Waals surface area contributed by atoms with Gasteiger partial charge in [0.15, 0.2) is 10.8 Å².